The summed E-state index contributed by atoms with van der Waals surface area (Å²) in [6.07, 6.45) is 2.94. The van der Waals surface area contributed by atoms with E-state index in [-0.39, 0.29) is 6.04 Å². The molecule has 0 fully saturated rings. The molecule has 0 bridgehead atoms. The van der Waals surface area contributed by atoms with Gasteiger partial charge in [-0.15, -0.1) is 11.3 Å². The molecule has 0 aromatic carbocycles. The van der Waals surface area contributed by atoms with Crippen molar-refractivity contribution in [2.24, 2.45) is 5.73 Å². The lowest BCUT2D eigenvalue weighted by Gasteiger charge is -2.28. The van der Waals surface area contributed by atoms with Gasteiger partial charge in [0.1, 0.15) is 0 Å². The normalized spacial score (nSPS) is 12.8. The Morgan fingerprint density at radius 3 is 2.65 bits per heavy atom. The molecule has 0 saturated heterocycles. The van der Waals surface area contributed by atoms with Crippen LogP contribution in [0.4, 0.5) is 0 Å². The van der Waals surface area contributed by atoms with E-state index in [2.05, 4.69) is 41.9 Å². The Morgan fingerprint density at radius 2 is 2.10 bits per heavy atom. The zero-order valence-corrected chi connectivity index (χ0v) is 13.1. The Kier molecular flexibility index (Phi) is 5.71. The first kappa shape index (κ1) is 15.2. The summed E-state index contributed by atoms with van der Waals surface area (Å²) in [5.41, 5.74) is 7.13. The number of hydrogen-bond donors (Lipinski definition) is 1. The number of hydrogen-bond acceptors (Lipinski definition) is 4. The third-order valence-electron chi connectivity index (χ3n) is 3.52. The molecule has 108 valence electrons. The van der Waals surface area contributed by atoms with Gasteiger partial charge >= 0.3 is 0 Å². The molecule has 0 radical (unpaired) electrons. The molecule has 4 heteroatoms. The third kappa shape index (κ3) is 3.66. The quantitative estimate of drug-likeness (QED) is 0.851. The van der Waals surface area contributed by atoms with Crippen LogP contribution in [0.5, 0.6) is 0 Å². The first-order chi connectivity index (χ1) is 9.78. The Hall–Kier alpha value is -1.23. The Balaban J connectivity index is 2.14. The number of pyridine rings is 1. The number of rotatable bonds is 7. The molecule has 0 aliphatic heterocycles. The summed E-state index contributed by atoms with van der Waals surface area (Å²) in [5.74, 6) is 0. The molecule has 2 N–H and O–H groups in total. The van der Waals surface area contributed by atoms with Gasteiger partial charge in [0.15, 0.2) is 0 Å². The highest BCUT2D eigenvalue weighted by atomic mass is 32.1. The molecular weight excluding hydrogens is 266 g/mol. The van der Waals surface area contributed by atoms with Crippen molar-refractivity contribution in [1.82, 2.24) is 9.88 Å². The van der Waals surface area contributed by atoms with Crippen LogP contribution in [0.25, 0.3) is 0 Å². The molecule has 0 amide bonds. The van der Waals surface area contributed by atoms with Gasteiger partial charge in [0.25, 0.3) is 0 Å². The highest BCUT2D eigenvalue weighted by molar-refractivity contribution is 7.12. The first-order valence-electron chi connectivity index (χ1n) is 7.21. The molecule has 2 aromatic heterocycles. The molecule has 2 aromatic rings. The van der Waals surface area contributed by atoms with Crippen LogP contribution in [-0.4, -0.2) is 23.0 Å². The molecule has 20 heavy (non-hydrogen) atoms. The Labute approximate surface area is 125 Å². The second-order valence-corrected chi connectivity index (χ2v) is 5.99. The van der Waals surface area contributed by atoms with Gasteiger partial charge in [0, 0.05) is 29.0 Å². The lowest BCUT2D eigenvalue weighted by Crippen LogP contribution is -2.33. The van der Waals surface area contributed by atoms with E-state index in [9.17, 15) is 0 Å². The maximum atomic E-state index is 6.03. The zero-order valence-electron chi connectivity index (χ0n) is 12.2. The van der Waals surface area contributed by atoms with Crippen LogP contribution >= 0.6 is 11.3 Å². The van der Waals surface area contributed by atoms with E-state index < -0.39 is 0 Å². The molecule has 1 unspecified atom stereocenters. The molecule has 1 atom stereocenters. The molecular formula is C16H23N3S. The second kappa shape index (κ2) is 7.53. The standard InChI is InChI=1S/C16H23N3S/c1-3-14-8-9-16(20-14)15(11-17)19(4-2)12-13-7-5-6-10-18-13/h5-10,15H,3-4,11-12,17H2,1-2H3. The van der Waals surface area contributed by atoms with E-state index in [1.807, 2.05) is 29.7 Å². The fourth-order valence-corrected chi connectivity index (χ4v) is 3.45. The monoisotopic (exact) mass is 289 g/mol. The van der Waals surface area contributed by atoms with Crippen molar-refractivity contribution in [1.29, 1.82) is 0 Å². The van der Waals surface area contributed by atoms with Crippen molar-refractivity contribution in [2.75, 3.05) is 13.1 Å². The lowest BCUT2D eigenvalue weighted by atomic mass is 10.2. The number of nitrogens with zero attached hydrogens (tertiary/aromatic N) is 2. The number of likely N-dealkylation sites (N-methyl/N-ethyl adjacent to an activating group) is 1. The van der Waals surface area contributed by atoms with Gasteiger partial charge in [-0.3, -0.25) is 9.88 Å². The molecule has 2 heterocycles. The van der Waals surface area contributed by atoms with E-state index in [1.54, 1.807) is 0 Å². The summed E-state index contributed by atoms with van der Waals surface area (Å²) in [5, 5.41) is 0. The molecule has 3 nitrogen and oxygen atoms in total. The van der Waals surface area contributed by atoms with Crippen LogP contribution in [0.2, 0.25) is 0 Å². The average molecular weight is 289 g/mol. The third-order valence-corrected chi connectivity index (χ3v) is 4.85. The van der Waals surface area contributed by atoms with Crippen LogP contribution in [0.3, 0.4) is 0 Å². The van der Waals surface area contributed by atoms with E-state index in [1.165, 1.54) is 9.75 Å². The van der Waals surface area contributed by atoms with Crippen LogP contribution in [0.15, 0.2) is 36.5 Å². The second-order valence-electron chi connectivity index (χ2n) is 4.79. The van der Waals surface area contributed by atoms with E-state index in [4.69, 9.17) is 5.73 Å². The number of thiophene rings is 1. The maximum Gasteiger partial charge on any atom is 0.0567 e. The SMILES string of the molecule is CCc1ccc(C(CN)N(CC)Cc2ccccn2)s1. The van der Waals surface area contributed by atoms with Crippen LogP contribution in [0, 0.1) is 0 Å². The van der Waals surface area contributed by atoms with Crippen molar-refractivity contribution < 1.29 is 0 Å². The van der Waals surface area contributed by atoms with Crippen molar-refractivity contribution in [3.8, 4) is 0 Å². The largest absolute Gasteiger partial charge is 0.329 e. The van der Waals surface area contributed by atoms with Crippen molar-refractivity contribution in [3.05, 3.63) is 52.0 Å². The van der Waals surface area contributed by atoms with Crippen molar-refractivity contribution in [2.45, 2.75) is 32.9 Å². The summed E-state index contributed by atoms with van der Waals surface area (Å²) >= 11 is 1.88. The van der Waals surface area contributed by atoms with Crippen molar-refractivity contribution in [3.63, 3.8) is 0 Å². The van der Waals surface area contributed by atoms with Gasteiger partial charge in [-0.2, -0.15) is 0 Å². The van der Waals surface area contributed by atoms with Crippen LogP contribution < -0.4 is 5.73 Å². The molecule has 2 rings (SSSR count). The summed E-state index contributed by atoms with van der Waals surface area (Å²) in [4.78, 5) is 9.60. The number of aromatic nitrogens is 1. The van der Waals surface area contributed by atoms with E-state index >= 15 is 0 Å². The molecule has 0 saturated carbocycles. The van der Waals surface area contributed by atoms with Gasteiger partial charge in [0.05, 0.1) is 11.7 Å². The fourth-order valence-electron chi connectivity index (χ4n) is 2.35. The Bertz CT molecular complexity index is 509. The first-order valence-corrected chi connectivity index (χ1v) is 8.02. The lowest BCUT2D eigenvalue weighted by molar-refractivity contribution is 0.204. The number of nitrogens with two attached hydrogens (primary N) is 1. The fraction of sp³-hybridized carbons (Fsp3) is 0.438. The zero-order chi connectivity index (χ0) is 14.4. The Morgan fingerprint density at radius 1 is 1.25 bits per heavy atom. The molecule has 0 spiro atoms. The predicted octanol–water partition coefficient (Wildman–Crippen LogP) is 3.23. The number of aryl methyl sites for hydroxylation is 1. The highest BCUT2D eigenvalue weighted by Crippen LogP contribution is 2.28. The smallest absolute Gasteiger partial charge is 0.0567 e. The van der Waals surface area contributed by atoms with Gasteiger partial charge in [-0.05, 0) is 37.2 Å². The average Bonchev–Trinajstić information content (AvgIpc) is 2.97. The van der Waals surface area contributed by atoms with E-state index in [0.717, 1.165) is 25.2 Å². The summed E-state index contributed by atoms with van der Waals surface area (Å²) in [7, 11) is 0. The van der Waals surface area contributed by atoms with Gasteiger partial charge in [0.2, 0.25) is 0 Å². The van der Waals surface area contributed by atoms with Crippen LogP contribution in [-0.2, 0) is 13.0 Å². The van der Waals surface area contributed by atoms with Crippen molar-refractivity contribution >= 4 is 11.3 Å². The molecule has 0 aliphatic rings. The minimum Gasteiger partial charge on any atom is -0.329 e. The van der Waals surface area contributed by atoms with Gasteiger partial charge < -0.3 is 5.73 Å². The topological polar surface area (TPSA) is 42.1 Å². The molecule has 0 aliphatic carbocycles. The predicted molar refractivity (Wildman–Crippen MR) is 85.8 cm³/mol. The van der Waals surface area contributed by atoms with E-state index in [0.29, 0.717) is 6.54 Å². The summed E-state index contributed by atoms with van der Waals surface area (Å²) in [6.45, 7) is 6.83. The minimum atomic E-state index is 0.285. The van der Waals surface area contributed by atoms with Gasteiger partial charge in [-0.1, -0.05) is 19.9 Å². The minimum absolute atomic E-state index is 0.285. The maximum absolute atomic E-state index is 6.03. The summed E-state index contributed by atoms with van der Waals surface area (Å²) in [6, 6.07) is 10.8. The highest BCUT2D eigenvalue weighted by Gasteiger charge is 2.19. The van der Waals surface area contributed by atoms with Crippen LogP contribution in [0.1, 0.15) is 35.3 Å². The summed E-state index contributed by atoms with van der Waals surface area (Å²) < 4.78 is 0. The van der Waals surface area contributed by atoms with Gasteiger partial charge in [-0.25, -0.2) is 0 Å².